The van der Waals surface area contributed by atoms with Gasteiger partial charge in [-0.1, -0.05) is 38.1 Å². The van der Waals surface area contributed by atoms with Gasteiger partial charge in [0, 0.05) is 0 Å². The lowest BCUT2D eigenvalue weighted by Gasteiger charge is -2.44. The molecule has 0 aromatic heterocycles. The summed E-state index contributed by atoms with van der Waals surface area (Å²) in [6.07, 6.45) is 4.91. The summed E-state index contributed by atoms with van der Waals surface area (Å²) in [4.78, 5) is 0. The fraction of sp³-hybridized carbons (Fsp3) is 0.611. The van der Waals surface area contributed by atoms with Gasteiger partial charge in [0.05, 0.1) is 17.1 Å². The Morgan fingerprint density at radius 2 is 1.80 bits per heavy atom. The number of nitrogens with zero attached hydrogens (tertiary/aromatic N) is 1. The van der Waals surface area contributed by atoms with E-state index >= 15 is 0 Å². The Hall–Kier alpha value is -1.33. The van der Waals surface area contributed by atoms with Crippen LogP contribution in [0.4, 0.5) is 0 Å². The lowest BCUT2D eigenvalue weighted by molar-refractivity contribution is -0.0632. The van der Waals surface area contributed by atoms with Gasteiger partial charge in [-0.2, -0.15) is 5.26 Å². The largest absolute Gasteiger partial charge is 0.388 e. The third-order valence-corrected chi connectivity index (χ3v) is 5.52. The van der Waals surface area contributed by atoms with E-state index in [1.54, 1.807) is 0 Å². The topological polar surface area (TPSA) is 44.0 Å². The van der Waals surface area contributed by atoms with Crippen molar-refractivity contribution in [2.45, 2.75) is 58.0 Å². The second kappa shape index (κ2) is 4.33. The molecule has 2 aliphatic carbocycles. The molecule has 2 heteroatoms. The molecule has 106 valence electrons. The number of rotatable bonds is 1. The van der Waals surface area contributed by atoms with Gasteiger partial charge in [-0.05, 0) is 55.1 Å². The highest BCUT2D eigenvalue weighted by Crippen LogP contribution is 2.55. The summed E-state index contributed by atoms with van der Waals surface area (Å²) >= 11 is 0. The molecule has 2 aliphatic rings. The summed E-state index contributed by atoms with van der Waals surface area (Å²) in [6, 6.07) is 10.9. The van der Waals surface area contributed by atoms with Gasteiger partial charge in [0.25, 0.3) is 0 Å². The monoisotopic (exact) mass is 269 g/mol. The van der Waals surface area contributed by atoms with Gasteiger partial charge in [-0.3, -0.25) is 0 Å². The lowest BCUT2D eigenvalue weighted by atomic mass is 9.61. The van der Waals surface area contributed by atoms with Gasteiger partial charge in [-0.15, -0.1) is 0 Å². The van der Waals surface area contributed by atoms with Crippen molar-refractivity contribution < 1.29 is 5.11 Å². The van der Waals surface area contributed by atoms with Crippen LogP contribution in [-0.4, -0.2) is 10.7 Å². The fourth-order valence-corrected chi connectivity index (χ4v) is 4.25. The average molecular weight is 269 g/mol. The molecular weight excluding hydrogens is 246 g/mol. The summed E-state index contributed by atoms with van der Waals surface area (Å²) in [5.41, 5.74) is 1.32. The van der Waals surface area contributed by atoms with Gasteiger partial charge < -0.3 is 5.11 Å². The van der Waals surface area contributed by atoms with Crippen LogP contribution < -0.4 is 0 Å². The molecule has 0 spiro atoms. The molecule has 2 atom stereocenters. The summed E-state index contributed by atoms with van der Waals surface area (Å²) in [5.74, 6) is 0. The summed E-state index contributed by atoms with van der Waals surface area (Å²) in [6.45, 7) is 4.40. The smallest absolute Gasteiger partial charge is 0.0903 e. The number of nitriles is 1. The zero-order valence-electron chi connectivity index (χ0n) is 12.4. The Balaban J connectivity index is 1.97. The highest BCUT2D eigenvalue weighted by atomic mass is 16.3. The van der Waals surface area contributed by atoms with Gasteiger partial charge in [0.1, 0.15) is 0 Å². The Morgan fingerprint density at radius 1 is 1.10 bits per heavy atom. The van der Waals surface area contributed by atoms with E-state index in [9.17, 15) is 10.4 Å². The van der Waals surface area contributed by atoms with Gasteiger partial charge in [-0.25, -0.2) is 0 Å². The molecule has 0 saturated heterocycles. The fourth-order valence-electron chi connectivity index (χ4n) is 4.25. The summed E-state index contributed by atoms with van der Waals surface area (Å²) < 4.78 is 0. The van der Waals surface area contributed by atoms with Crippen LogP contribution >= 0.6 is 0 Å². The SMILES string of the molecule is CC1(C)CCC(O)(C2(C#N)CCc3ccccc3C2)C1. The van der Waals surface area contributed by atoms with Crippen molar-refractivity contribution in [3.05, 3.63) is 35.4 Å². The first kappa shape index (κ1) is 13.6. The molecule has 0 bridgehead atoms. The molecule has 20 heavy (non-hydrogen) atoms. The first-order valence-electron chi connectivity index (χ1n) is 7.60. The number of hydrogen-bond donors (Lipinski definition) is 1. The van der Waals surface area contributed by atoms with E-state index in [-0.39, 0.29) is 5.41 Å². The summed E-state index contributed by atoms with van der Waals surface area (Å²) in [5, 5.41) is 21.1. The van der Waals surface area contributed by atoms with E-state index in [0.29, 0.717) is 6.42 Å². The van der Waals surface area contributed by atoms with Crippen LogP contribution in [0.3, 0.4) is 0 Å². The third-order valence-electron chi connectivity index (χ3n) is 5.52. The van der Waals surface area contributed by atoms with Crippen LogP contribution in [0.2, 0.25) is 0 Å². The Bertz CT molecular complexity index is 571. The molecule has 2 nitrogen and oxygen atoms in total. The van der Waals surface area contributed by atoms with Crippen LogP contribution in [0.15, 0.2) is 24.3 Å². The first-order chi connectivity index (χ1) is 9.40. The number of aliphatic hydroxyl groups is 1. The van der Waals surface area contributed by atoms with Crippen molar-refractivity contribution in [1.29, 1.82) is 5.26 Å². The van der Waals surface area contributed by atoms with E-state index in [4.69, 9.17) is 0 Å². The molecule has 1 aromatic carbocycles. The van der Waals surface area contributed by atoms with E-state index in [1.165, 1.54) is 11.1 Å². The average Bonchev–Trinajstić information content (AvgIpc) is 2.73. The lowest BCUT2D eigenvalue weighted by Crippen LogP contribution is -2.49. The molecule has 0 aliphatic heterocycles. The van der Waals surface area contributed by atoms with E-state index in [2.05, 4.69) is 38.1 Å². The first-order valence-corrected chi connectivity index (χ1v) is 7.60. The molecule has 1 aromatic rings. The zero-order valence-corrected chi connectivity index (χ0v) is 12.4. The van der Waals surface area contributed by atoms with Gasteiger partial charge >= 0.3 is 0 Å². The van der Waals surface area contributed by atoms with Crippen LogP contribution in [-0.2, 0) is 12.8 Å². The summed E-state index contributed by atoms with van der Waals surface area (Å²) in [7, 11) is 0. The molecule has 0 amide bonds. The normalized spacial score (nSPS) is 35.3. The predicted octanol–water partition coefficient (Wildman–Crippen LogP) is 3.63. The maximum atomic E-state index is 11.2. The second-order valence-electron chi connectivity index (χ2n) is 7.51. The molecule has 3 rings (SSSR count). The Kier molecular flexibility index (Phi) is 2.95. The highest BCUT2D eigenvalue weighted by molar-refractivity contribution is 5.35. The number of benzene rings is 1. The van der Waals surface area contributed by atoms with Crippen molar-refractivity contribution >= 4 is 0 Å². The minimum Gasteiger partial charge on any atom is -0.388 e. The van der Waals surface area contributed by atoms with E-state index in [1.807, 2.05) is 6.07 Å². The van der Waals surface area contributed by atoms with Crippen LogP contribution in [0.1, 0.15) is 50.7 Å². The molecule has 1 fully saturated rings. The molecular formula is C18H23NO. The van der Waals surface area contributed by atoms with Crippen LogP contribution in [0, 0.1) is 22.2 Å². The minimum atomic E-state index is -0.821. The van der Waals surface area contributed by atoms with E-state index < -0.39 is 11.0 Å². The second-order valence-corrected chi connectivity index (χ2v) is 7.51. The Morgan fingerprint density at radius 3 is 2.40 bits per heavy atom. The van der Waals surface area contributed by atoms with Crippen molar-refractivity contribution in [2.24, 2.45) is 10.8 Å². The van der Waals surface area contributed by atoms with Crippen molar-refractivity contribution in [1.82, 2.24) is 0 Å². The highest BCUT2D eigenvalue weighted by Gasteiger charge is 2.57. The molecule has 1 N–H and O–H groups in total. The number of hydrogen-bond acceptors (Lipinski definition) is 2. The molecule has 2 unspecified atom stereocenters. The third kappa shape index (κ3) is 1.96. The zero-order chi connectivity index (χ0) is 14.4. The van der Waals surface area contributed by atoms with Crippen molar-refractivity contribution in [3.8, 4) is 6.07 Å². The molecule has 0 radical (unpaired) electrons. The maximum absolute atomic E-state index is 11.2. The van der Waals surface area contributed by atoms with Gasteiger partial charge in [0.15, 0.2) is 0 Å². The molecule has 0 heterocycles. The van der Waals surface area contributed by atoms with Crippen LogP contribution in [0.25, 0.3) is 0 Å². The number of aryl methyl sites for hydroxylation is 1. The predicted molar refractivity (Wildman–Crippen MR) is 79.1 cm³/mol. The van der Waals surface area contributed by atoms with Crippen molar-refractivity contribution in [2.75, 3.05) is 0 Å². The quantitative estimate of drug-likeness (QED) is 0.846. The van der Waals surface area contributed by atoms with Gasteiger partial charge in [0.2, 0.25) is 0 Å². The number of fused-ring (bicyclic) bond motifs is 1. The van der Waals surface area contributed by atoms with Crippen LogP contribution in [0.5, 0.6) is 0 Å². The molecule has 1 saturated carbocycles. The standard InChI is InChI=1S/C18H23NO/c1-16(2)9-10-18(20,12-16)17(13-19)8-7-14-5-3-4-6-15(14)11-17/h3-6,20H,7-12H2,1-2H3. The van der Waals surface area contributed by atoms with Crippen molar-refractivity contribution in [3.63, 3.8) is 0 Å². The maximum Gasteiger partial charge on any atom is 0.0903 e. The minimum absolute atomic E-state index is 0.148. The Labute approximate surface area is 121 Å². The van der Waals surface area contributed by atoms with E-state index in [0.717, 1.165) is 32.1 Å².